The number of fused-ring (bicyclic) bond motifs is 1. The largest absolute Gasteiger partial charge is 0.496 e. The Labute approximate surface area is 142 Å². The first-order chi connectivity index (χ1) is 12.2. The molecule has 1 aromatic carbocycles. The summed E-state index contributed by atoms with van der Waals surface area (Å²) in [6, 6.07) is 5.89. The van der Waals surface area contributed by atoms with E-state index in [0.29, 0.717) is 35.3 Å². The second kappa shape index (κ2) is 6.12. The molecule has 4 nitrogen and oxygen atoms in total. The number of nitrogens with one attached hydrogen (secondary N) is 1. The molecule has 25 heavy (non-hydrogen) atoms. The topological polar surface area (TPSA) is 50.3 Å². The van der Waals surface area contributed by atoms with Crippen molar-refractivity contribution in [2.24, 2.45) is 4.99 Å². The van der Waals surface area contributed by atoms with Crippen molar-refractivity contribution in [3.05, 3.63) is 53.9 Å². The molecule has 126 valence electrons. The number of nitrogens with zero attached hydrogens (tertiary/aromatic N) is 2. The van der Waals surface area contributed by atoms with Crippen LogP contribution in [0.4, 0.5) is 8.78 Å². The molecule has 4 rings (SSSR count). The van der Waals surface area contributed by atoms with Gasteiger partial charge in [-0.1, -0.05) is 6.08 Å². The molecular formula is C19H15F2N3O. The summed E-state index contributed by atoms with van der Waals surface area (Å²) in [5.74, 6) is -0.581. The van der Waals surface area contributed by atoms with Gasteiger partial charge in [-0.15, -0.1) is 0 Å². The summed E-state index contributed by atoms with van der Waals surface area (Å²) in [5, 5.41) is 0.585. The van der Waals surface area contributed by atoms with Gasteiger partial charge in [-0.05, 0) is 29.8 Å². The fourth-order valence-electron chi connectivity index (χ4n) is 3.08. The highest BCUT2D eigenvalue weighted by molar-refractivity contribution is 5.97. The standard InChI is InChI=1S/C19H15F2N3O/c1-25-17-3-2-12(20)8-13(17)18-14-9-16(11-4-6-22-7-5-11)24-19(14)23-10-15(18)21/h2-4,7-10H,5-6H2,1H3,(H,23,24). The van der Waals surface area contributed by atoms with E-state index in [0.717, 1.165) is 17.5 Å². The van der Waals surface area contributed by atoms with Crippen LogP contribution in [0.15, 0.2) is 41.5 Å². The van der Waals surface area contributed by atoms with Crippen molar-refractivity contribution in [2.45, 2.75) is 6.42 Å². The van der Waals surface area contributed by atoms with Crippen LogP contribution in [0.5, 0.6) is 5.75 Å². The van der Waals surface area contributed by atoms with Crippen LogP contribution >= 0.6 is 0 Å². The lowest BCUT2D eigenvalue weighted by Crippen LogP contribution is -1.94. The molecule has 1 N–H and O–H groups in total. The summed E-state index contributed by atoms with van der Waals surface area (Å²) in [4.78, 5) is 11.5. The van der Waals surface area contributed by atoms with E-state index in [1.54, 1.807) is 0 Å². The third-order valence-corrected chi connectivity index (χ3v) is 4.27. The average Bonchev–Trinajstić information content (AvgIpc) is 3.06. The van der Waals surface area contributed by atoms with Gasteiger partial charge in [-0.25, -0.2) is 13.8 Å². The van der Waals surface area contributed by atoms with E-state index in [-0.39, 0.29) is 5.56 Å². The predicted octanol–water partition coefficient (Wildman–Crippen LogP) is 4.37. The van der Waals surface area contributed by atoms with Gasteiger partial charge in [-0.3, -0.25) is 4.99 Å². The van der Waals surface area contributed by atoms with Gasteiger partial charge in [0.15, 0.2) is 0 Å². The Morgan fingerprint density at radius 2 is 2.08 bits per heavy atom. The number of dihydropyridines is 1. The highest BCUT2D eigenvalue weighted by Crippen LogP contribution is 2.38. The number of methoxy groups -OCH3 is 1. The lowest BCUT2D eigenvalue weighted by molar-refractivity contribution is 0.415. The summed E-state index contributed by atoms with van der Waals surface area (Å²) in [5.41, 5.74) is 3.11. The minimum atomic E-state index is -0.527. The van der Waals surface area contributed by atoms with Crippen molar-refractivity contribution < 1.29 is 13.5 Å². The van der Waals surface area contributed by atoms with Crippen LogP contribution in [0.25, 0.3) is 27.7 Å². The van der Waals surface area contributed by atoms with Crippen LogP contribution < -0.4 is 4.74 Å². The number of benzene rings is 1. The lowest BCUT2D eigenvalue weighted by atomic mass is 10.0. The Hall–Kier alpha value is -3.02. The molecule has 0 fully saturated rings. The zero-order valence-electron chi connectivity index (χ0n) is 13.5. The van der Waals surface area contributed by atoms with E-state index >= 15 is 0 Å². The van der Waals surface area contributed by atoms with Crippen LogP contribution in [-0.4, -0.2) is 29.8 Å². The molecular weight excluding hydrogens is 324 g/mol. The molecule has 3 heterocycles. The first-order valence-electron chi connectivity index (χ1n) is 7.86. The molecule has 0 radical (unpaired) electrons. The normalized spacial score (nSPS) is 14.0. The number of hydrogen-bond donors (Lipinski definition) is 1. The van der Waals surface area contributed by atoms with Crippen LogP contribution in [0.1, 0.15) is 12.1 Å². The maximum absolute atomic E-state index is 14.6. The van der Waals surface area contributed by atoms with Gasteiger partial charge in [0.1, 0.15) is 23.0 Å². The van der Waals surface area contributed by atoms with Crippen molar-refractivity contribution in [1.29, 1.82) is 0 Å². The molecule has 1 aliphatic heterocycles. The molecule has 0 saturated carbocycles. The number of hydrogen-bond acceptors (Lipinski definition) is 3. The smallest absolute Gasteiger partial charge is 0.150 e. The molecule has 0 aliphatic carbocycles. The van der Waals surface area contributed by atoms with E-state index in [1.807, 2.05) is 18.4 Å². The van der Waals surface area contributed by atoms with Gasteiger partial charge in [0.2, 0.25) is 0 Å². The number of aliphatic imine (C=N–C) groups is 1. The van der Waals surface area contributed by atoms with Gasteiger partial charge in [-0.2, -0.15) is 0 Å². The Morgan fingerprint density at radius 1 is 1.20 bits per heavy atom. The van der Waals surface area contributed by atoms with Gasteiger partial charge in [0.05, 0.1) is 19.9 Å². The Morgan fingerprint density at radius 3 is 2.84 bits per heavy atom. The fourth-order valence-corrected chi connectivity index (χ4v) is 3.08. The van der Waals surface area contributed by atoms with Crippen LogP contribution in [0, 0.1) is 11.6 Å². The Balaban J connectivity index is 1.95. The zero-order valence-corrected chi connectivity index (χ0v) is 13.5. The van der Waals surface area contributed by atoms with Crippen molar-refractivity contribution >= 4 is 22.8 Å². The fraction of sp³-hybridized carbons (Fsp3) is 0.158. The minimum absolute atomic E-state index is 0.272. The highest BCUT2D eigenvalue weighted by Gasteiger charge is 2.19. The van der Waals surface area contributed by atoms with E-state index in [9.17, 15) is 8.78 Å². The van der Waals surface area contributed by atoms with Crippen LogP contribution in [0.3, 0.4) is 0 Å². The molecule has 2 aromatic heterocycles. The molecule has 0 bridgehead atoms. The number of halogens is 2. The number of H-pyrrole nitrogens is 1. The van der Waals surface area contributed by atoms with Crippen LogP contribution in [0.2, 0.25) is 0 Å². The second-order valence-electron chi connectivity index (χ2n) is 5.75. The van der Waals surface area contributed by atoms with E-state index < -0.39 is 11.6 Å². The third kappa shape index (κ3) is 2.69. The number of allylic oxidation sites excluding steroid dienone is 1. The SMILES string of the molecule is COc1ccc(F)cc1-c1c(F)cnc2[nH]c(C3=CCN=CC3)cc12. The third-order valence-electron chi connectivity index (χ3n) is 4.27. The van der Waals surface area contributed by atoms with Gasteiger partial charge >= 0.3 is 0 Å². The molecule has 0 amide bonds. The molecule has 0 unspecified atom stereocenters. The second-order valence-corrected chi connectivity index (χ2v) is 5.75. The molecule has 6 heteroatoms. The zero-order chi connectivity index (χ0) is 17.4. The predicted molar refractivity (Wildman–Crippen MR) is 94.0 cm³/mol. The highest BCUT2D eigenvalue weighted by atomic mass is 19.1. The summed E-state index contributed by atoms with van der Waals surface area (Å²) >= 11 is 0. The van der Waals surface area contributed by atoms with E-state index in [2.05, 4.69) is 15.0 Å². The quantitative estimate of drug-likeness (QED) is 0.770. The van der Waals surface area contributed by atoms with Gasteiger partial charge < -0.3 is 9.72 Å². The number of pyridine rings is 1. The molecule has 1 aliphatic rings. The van der Waals surface area contributed by atoms with Crippen LogP contribution in [-0.2, 0) is 0 Å². The number of aromatic amines is 1. The summed E-state index contributed by atoms with van der Waals surface area (Å²) in [6.45, 7) is 0.622. The minimum Gasteiger partial charge on any atom is -0.496 e. The first-order valence-corrected chi connectivity index (χ1v) is 7.86. The Kier molecular flexibility index (Phi) is 3.80. The maximum atomic E-state index is 14.6. The Bertz CT molecular complexity index is 1020. The summed E-state index contributed by atoms with van der Waals surface area (Å²) in [6.07, 6.45) is 5.71. The van der Waals surface area contributed by atoms with Gasteiger partial charge in [0.25, 0.3) is 0 Å². The molecule has 3 aromatic rings. The number of rotatable bonds is 3. The number of aromatic nitrogens is 2. The summed E-state index contributed by atoms with van der Waals surface area (Å²) in [7, 11) is 1.47. The summed E-state index contributed by atoms with van der Waals surface area (Å²) < 4.78 is 33.7. The molecule has 0 saturated heterocycles. The maximum Gasteiger partial charge on any atom is 0.150 e. The van der Waals surface area contributed by atoms with Crippen molar-refractivity contribution in [2.75, 3.05) is 13.7 Å². The first kappa shape index (κ1) is 15.5. The van der Waals surface area contributed by atoms with E-state index in [1.165, 1.54) is 25.3 Å². The van der Waals surface area contributed by atoms with Gasteiger partial charge in [0, 0.05) is 34.8 Å². The van der Waals surface area contributed by atoms with Crippen molar-refractivity contribution in [3.8, 4) is 16.9 Å². The lowest BCUT2D eigenvalue weighted by Gasteiger charge is -2.10. The number of ether oxygens (including phenoxy) is 1. The molecule has 0 atom stereocenters. The van der Waals surface area contributed by atoms with Crippen molar-refractivity contribution in [1.82, 2.24) is 9.97 Å². The van der Waals surface area contributed by atoms with Crippen molar-refractivity contribution in [3.63, 3.8) is 0 Å². The average molecular weight is 339 g/mol. The monoisotopic (exact) mass is 339 g/mol. The van der Waals surface area contributed by atoms with E-state index in [4.69, 9.17) is 4.74 Å². The molecule has 0 spiro atoms.